The summed E-state index contributed by atoms with van der Waals surface area (Å²) in [6.45, 7) is 1.45. The summed E-state index contributed by atoms with van der Waals surface area (Å²) >= 11 is 0. The summed E-state index contributed by atoms with van der Waals surface area (Å²) in [4.78, 5) is 23.1. The van der Waals surface area contributed by atoms with Crippen LogP contribution in [0.4, 0.5) is 0 Å². The fraction of sp³-hybridized carbons (Fsp3) is 0.500. The van der Waals surface area contributed by atoms with E-state index in [1.54, 1.807) is 31.4 Å². The third-order valence-corrected chi connectivity index (χ3v) is 3.50. The highest BCUT2D eigenvalue weighted by Crippen LogP contribution is 2.32. The lowest BCUT2D eigenvalue weighted by atomic mass is 10.2. The molecule has 0 unspecified atom stereocenters. The molecule has 22 heavy (non-hydrogen) atoms. The Kier molecular flexibility index (Phi) is 5.63. The normalized spacial score (nSPS) is 14.8. The molecule has 1 aliphatic carbocycles. The minimum Gasteiger partial charge on any atom is -0.497 e. The van der Waals surface area contributed by atoms with Crippen molar-refractivity contribution in [2.24, 2.45) is 5.92 Å². The van der Waals surface area contributed by atoms with Crippen molar-refractivity contribution >= 4 is 11.9 Å². The van der Waals surface area contributed by atoms with Gasteiger partial charge in [-0.1, -0.05) is 0 Å². The van der Waals surface area contributed by atoms with E-state index in [0.717, 1.165) is 12.8 Å². The minimum absolute atomic E-state index is 0.141. The fourth-order valence-electron chi connectivity index (χ4n) is 2.01. The van der Waals surface area contributed by atoms with Gasteiger partial charge in [0, 0.05) is 6.04 Å². The molecule has 1 aromatic carbocycles. The molecule has 1 amide bonds. The second-order valence-corrected chi connectivity index (χ2v) is 5.32. The summed E-state index contributed by atoms with van der Waals surface area (Å²) in [6, 6.07) is 6.98. The van der Waals surface area contributed by atoms with Crippen LogP contribution in [0.3, 0.4) is 0 Å². The number of methoxy groups -OCH3 is 1. The molecule has 0 aromatic heterocycles. The van der Waals surface area contributed by atoms with E-state index in [9.17, 15) is 9.59 Å². The van der Waals surface area contributed by atoms with Crippen LogP contribution in [-0.4, -0.2) is 38.2 Å². The molecule has 1 aliphatic rings. The molecule has 0 heterocycles. The first kappa shape index (κ1) is 16.1. The van der Waals surface area contributed by atoms with Crippen molar-refractivity contribution in [3.05, 3.63) is 24.3 Å². The van der Waals surface area contributed by atoms with Gasteiger partial charge in [0.05, 0.1) is 7.11 Å². The van der Waals surface area contributed by atoms with Crippen LogP contribution in [0.25, 0.3) is 0 Å². The van der Waals surface area contributed by atoms with Gasteiger partial charge in [0.2, 0.25) is 0 Å². The lowest BCUT2D eigenvalue weighted by molar-refractivity contribution is -0.150. The maximum absolute atomic E-state index is 11.6. The second kappa shape index (κ2) is 7.68. The average molecular weight is 307 g/mol. The zero-order valence-corrected chi connectivity index (χ0v) is 12.8. The lowest BCUT2D eigenvalue weighted by Gasteiger charge is -2.12. The van der Waals surface area contributed by atoms with Crippen LogP contribution >= 0.6 is 0 Å². The van der Waals surface area contributed by atoms with E-state index in [1.165, 1.54) is 0 Å². The van der Waals surface area contributed by atoms with E-state index in [4.69, 9.17) is 14.2 Å². The molecule has 0 radical (unpaired) electrons. The van der Waals surface area contributed by atoms with E-state index >= 15 is 0 Å². The molecule has 1 saturated carbocycles. The highest BCUT2D eigenvalue weighted by atomic mass is 16.6. The molecular weight excluding hydrogens is 286 g/mol. The minimum atomic E-state index is -0.579. The summed E-state index contributed by atoms with van der Waals surface area (Å²) in [5.74, 6) is 0.946. The topological polar surface area (TPSA) is 73.9 Å². The Hall–Kier alpha value is -2.24. The smallest absolute Gasteiger partial charge is 0.344 e. The number of hydrogen-bond donors (Lipinski definition) is 1. The molecule has 6 nitrogen and oxygen atoms in total. The van der Waals surface area contributed by atoms with Crippen molar-refractivity contribution in [2.75, 3.05) is 20.3 Å². The van der Waals surface area contributed by atoms with Gasteiger partial charge in [0.25, 0.3) is 5.91 Å². The van der Waals surface area contributed by atoms with Crippen LogP contribution in [0.2, 0.25) is 0 Å². The summed E-state index contributed by atoms with van der Waals surface area (Å²) in [6.07, 6.45) is 2.30. The van der Waals surface area contributed by atoms with E-state index in [2.05, 4.69) is 5.32 Å². The van der Waals surface area contributed by atoms with Gasteiger partial charge in [0.15, 0.2) is 13.2 Å². The Morgan fingerprint density at radius 1 is 1.18 bits per heavy atom. The molecule has 0 bridgehead atoms. The zero-order valence-electron chi connectivity index (χ0n) is 12.8. The number of carbonyl (C=O) groups is 2. The first-order valence-corrected chi connectivity index (χ1v) is 7.30. The average Bonchev–Trinajstić information content (AvgIpc) is 3.36. The van der Waals surface area contributed by atoms with Crippen LogP contribution in [0, 0.1) is 5.92 Å². The number of benzene rings is 1. The maximum Gasteiger partial charge on any atom is 0.344 e. The van der Waals surface area contributed by atoms with Crippen LogP contribution in [-0.2, 0) is 14.3 Å². The number of rotatable bonds is 8. The fourth-order valence-corrected chi connectivity index (χ4v) is 2.01. The summed E-state index contributed by atoms with van der Waals surface area (Å²) in [7, 11) is 1.57. The van der Waals surface area contributed by atoms with Gasteiger partial charge in [-0.2, -0.15) is 0 Å². The molecule has 6 heteroatoms. The third kappa shape index (κ3) is 5.27. The van der Waals surface area contributed by atoms with Gasteiger partial charge in [-0.25, -0.2) is 4.79 Å². The molecule has 1 N–H and O–H groups in total. The molecule has 2 rings (SSSR count). The van der Waals surface area contributed by atoms with E-state index in [-0.39, 0.29) is 25.2 Å². The highest BCUT2D eigenvalue weighted by Gasteiger charge is 2.28. The standard InChI is InChI=1S/C16H21NO5/c1-11(12-3-4-12)17-15(18)9-22-16(19)10-21-14-7-5-13(20-2)6-8-14/h5-8,11-12H,3-4,9-10H2,1-2H3,(H,17,18)/t11-/m0/s1. The van der Waals surface area contributed by atoms with Gasteiger partial charge in [-0.15, -0.1) is 0 Å². The Morgan fingerprint density at radius 3 is 2.41 bits per heavy atom. The van der Waals surface area contributed by atoms with Crippen LogP contribution < -0.4 is 14.8 Å². The Labute approximate surface area is 129 Å². The predicted molar refractivity (Wildman–Crippen MR) is 79.8 cm³/mol. The SMILES string of the molecule is COc1ccc(OCC(=O)OCC(=O)N[C@@H](C)C2CC2)cc1. The molecule has 0 aliphatic heterocycles. The number of ether oxygens (including phenoxy) is 3. The molecule has 1 aromatic rings. The molecule has 0 saturated heterocycles. The van der Waals surface area contributed by atoms with Gasteiger partial charge in [0.1, 0.15) is 11.5 Å². The van der Waals surface area contributed by atoms with E-state index < -0.39 is 5.97 Å². The summed E-state index contributed by atoms with van der Waals surface area (Å²) in [5.41, 5.74) is 0. The first-order valence-electron chi connectivity index (χ1n) is 7.30. The molecule has 1 atom stereocenters. The van der Waals surface area contributed by atoms with Crippen LogP contribution in [0.5, 0.6) is 11.5 Å². The van der Waals surface area contributed by atoms with Gasteiger partial charge < -0.3 is 19.5 Å². The molecular formula is C16H21NO5. The largest absolute Gasteiger partial charge is 0.497 e. The van der Waals surface area contributed by atoms with Crippen LogP contribution in [0.15, 0.2) is 24.3 Å². The second-order valence-electron chi connectivity index (χ2n) is 5.32. The van der Waals surface area contributed by atoms with Crippen molar-refractivity contribution in [3.63, 3.8) is 0 Å². The molecule has 1 fully saturated rings. The van der Waals surface area contributed by atoms with Crippen molar-refractivity contribution in [1.29, 1.82) is 0 Å². The Bertz CT molecular complexity index is 510. The van der Waals surface area contributed by atoms with Crippen molar-refractivity contribution in [1.82, 2.24) is 5.32 Å². The van der Waals surface area contributed by atoms with Crippen molar-refractivity contribution in [3.8, 4) is 11.5 Å². The monoisotopic (exact) mass is 307 g/mol. The van der Waals surface area contributed by atoms with Crippen molar-refractivity contribution in [2.45, 2.75) is 25.8 Å². The Morgan fingerprint density at radius 2 is 1.82 bits per heavy atom. The number of esters is 1. The highest BCUT2D eigenvalue weighted by molar-refractivity contribution is 5.81. The number of hydrogen-bond acceptors (Lipinski definition) is 5. The number of amides is 1. The van der Waals surface area contributed by atoms with E-state index in [1.807, 2.05) is 6.92 Å². The number of nitrogens with one attached hydrogen (secondary N) is 1. The zero-order chi connectivity index (χ0) is 15.9. The van der Waals surface area contributed by atoms with Crippen LogP contribution in [0.1, 0.15) is 19.8 Å². The quantitative estimate of drug-likeness (QED) is 0.737. The van der Waals surface area contributed by atoms with Gasteiger partial charge >= 0.3 is 5.97 Å². The third-order valence-electron chi connectivity index (χ3n) is 3.50. The van der Waals surface area contributed by atoms with E-state index in [0.29, 0.717) is 17.4 Å². The summed E-state index contributed by atoms with van der Waals surface area (Å²) < 4.78 is 15.2. The maximum atomic E-state index is 11.6. The first-order chi connectivity index (χ1) is 10.6. The van der Waals surface area contributed by atoms with Crippen molar-refractivity contribution < 1.29 is 23.8 Å². The molecule has 0 spiro atoms. The lowest BCUT2D eigenvalue weighted by Crippen LogP contribution is -2.37. The summed E-state index contributed by atoms with van der Waals surface area (Å²) in [5, 5.41) is 2.81. The van der Waals surface area contributed by atoms with Gasteiger partial charge in [-0.05, 0) is 49.9 Å². The predicted octanol–water partition coefficient (Wildman–Crippen LogP) is 1.53. The van der Waals surface area contributed by atoms with Gasteiger partial charge in [-0.3, -0.25) is 4.79 Å². The molecule has 120 valence electrons. The Balaban J connectivity index is 1.63. The number of carbonyl (C=O) groups excluding carboxylic acids is 2.